The normalized spacial score (nSPS) is 17.8. The lowest BCUT2D eigenvalue weighted by atomic mass is 9.91. The molecule has 0 fully saturated rings. The van der Waals surface area contributed by atoms with Gasteiger partial charge in [-0.1, -0.05) is 29.8 Å². The molecule has 1 N–H and O–H groups in total. The molecule has 2 unspecified atom stereocenters. The summed E-state index contributed by atoms with van der Waals surface area (Å²) in [6, 6.07) is 13.5. The maximum Gasteiger partial charge on any atom is 0.166 e. The molecule has 0 radical (unpaired) electrons. The zero-order chi connectivity index (χ0) is 20.4. The minimum absolute atomic E-state index is 0.00192. The highest BCUT2D eigenvalue weighted by atomic mass is 35.5. The van der Waals surface area contributed by atoms with Crippen LogP contribution in [0.25, 0.3) is 11.1 Å². The minimum atomic E-state index is -0.460. The molecule has 3 aromatic rings. The lowest BCUT2D eigenvalue weighted by Crippen LogP contribution is -2.13. The average Bonchev–Trinajstić information content (AvgIpc) is 2.88. The van der Waals surface area contributed by atoms with Gasteiger partial charge < -0.3 is 19.3 Å². The summed E-state index contributed by atoms with van der Waals surface area (Å²) in [5.74, 6) is 1.23. The van der Waals surface area contributed by atoms with Crippen molar-refractivity contribution in [3.05, 3.63) is 76.6 Å². The number of fused-ring (bicyclic) bond motifs is 3. The minimum Gasteiger partial charge on any atom is -0.493 e. The molecule has 5 nitrogen and oxygen atoms in total. The summed E-state index contributed by atoms with van der Waals surface area (Å²) >= 11 is 6.38. The monoisotopic (exact) mass is 411 g/mol. The quantitative estimate of drug-likeness (QED) is 0.642. The van der Waals surface area contributed by atoms with Crippen LogP contribution >= 0.6 is 11.6 Å². The summed E-state index contributed by atoms with van der Waals surface area (Å²) in [4.78, 5) is 4.29. The van der Waals surface area contributed by atoms with E-state index in [1.165, 1.54) is 0 Å². The smallest absolute Gasteiger partial charge is 0.166 e. The van der Waals surface area contributed by atoms with Gasteiger partial charge in [-0.2, -0.15) is 0 Å². The maximum absolute atomic E-state index is 9.67. The van der Waals surface area contributed by atoms with E-state index in [2.05, 4.69) is 4.98 Å². The van der Waals surface area contributed by atoms with Crippen LogP contribution in [0, 0.1) is 0 Å². The fraction of sp³-hybridized carbons (Fsp3) is 0.261. The first-order valence-corrected chi connectivity index (χ1v) is 9.76. The van der Waals surface area contributed by atoms with Crippen LogP contribution in [0.2, 0.25) is 5.02 Å². The zero-order valence-electron chi connectivity index (χ0n) is 16.3. The van der Waals surface area contributed by atoms with Crippen LogP contribution in [-0.4, -0.2) is 30.9 Å². The van der Waals surface area contributed by atoms with Crippen molar-refractivity contribution in [1.82, 2.24) is 4.98 Å². The van der Waals surface area contributed by atoms with Gasteiger partial charge in [-0.3, -0.25) is 4.98 Å². The van der Waals surface area contributed by atoms with Crippen LogP contribution in [0.3, 0.4) is 0 Å². The van der Waals surface area contributed by atoms with Crippen LogP contribution in [0.15, 0.2) is 54.9 Å². The molecule has 29 heavy (non-hydrogen) atoms. The first kappa shape index (κ1) is 19.7. The number of aliphatic hydroxyl groups is 1. The van der Waals surface area contributed by atoms with Gasteiger partial charge in [0.2, 0.25) is 0 Å². The molecule has 2 atom stereocenters. The number of hydrogen-bond donors (Lipinski definition) is 1. The average molecular weight is 412 g/mol. The van der Waals surface area contributed by atoms with E-state index >= 15 is 0 Å². The predicted molar refractivity (Wildman–Crippen MR) is 112 cm³/mol. The van der Waals surface area contributed by atoms with Gasteiger partial charge in [0.15, 0.2) is 11.5 Å². The van der Waals surface area contributed by atoms with Gasteiger partial charge in [0, 0.05) is 41.6 Å². The number of pyridine rings is 1. The Labute approximate surface area is 174 Å². The number of nitrogens with zero attached hydrogens (tertiary/aromatic N) is 1. The van der Waals surface area contributed by atoms with Crippen LogP contribution in [0.4, 0.5) is 0 Å². The number of aliphatic hydroxyl groups excluding tert-OH is 1. The van der Waals surface area contributed by atoms with Crippen LogP contribution in [0.1, 0.15) is 35.3 Å². The molecule has 1 aliphatic heterocycles. The fourth-order valence-corrected chi connectivity index (χ4v) is 4.10. The third-order valence-electron chi connectivity index (χ3n) is 5.19. The summed E-state index contributed by atoms with van der Waals surface area (Å²) in [6.07, 6.45) is 3.22. The van der Waals surface area contributed by atoms with Gasteiger partial charge in [-0.25, -0.2) is 0 Å². The number of hydrogen-bond acceptors (Lipinski definition) is 5. The van der Waals surface area contributed by atoms with E-state index in [-0.39, 0.29) is 12.7 Å². The molecule has 6 heteroatoms. The molecule has 0 amide bonds. The van der Waals surface area contributed by atoms with Crippen molar-refractivity contribution in [1.29, 1.82) is 0 Å². The number of para-hydroxylation sites is 1. The van der Waals surface area contributed by atoms with Gasteiger partial charge >= 0.3 is 0 Å². The second-order valence-corrected chi connectivity index (χ2v) is 7.23. The lowest BCUT2D eigenvalue weighted by molar-refractivity contribution is -0.00549. The highest BCUT2D eigenvalue weighted by molar-refractivity contribution is 6.30. The van der Waals surface area contributed by atoms with E-state index in [0.29, 0.717) is 22.9 Å². The van der Waals surface area contributed by atoms with Crippen molar-refractivity contribution in [2.75, 3.05) is 20.8 Å². The van der Waals surface area contributed by atoms with E-state index in [9.17, 15) is 5.11 Å². The molecular weight excluding hydrogens is 390 g/mol. The molecule has 2 heterocycles. The SMILES string of the molecule is COc1cccc(C2OC(CCO)c3cnccc3-c3ccc(Cl)cc32)c1OC. The molecule has 0 bridgehead atoms. The molecular formula is C23H22ClNO4. The molecule has 0 saturated heterocycles. The first-order chi connectivity index (χ1) is 14.2. The number of halogens is 1. The van der Waals surface area contributed by atoms with Crippen LogP contribution in [-0.2, 0) is 4.74 Å². The van der Waals surface area contributed by atoms with Gasteiger partial charge in [0.05, 0.1) is 20.3 Å². The van der Waals surface area contributed by atoms with E-state index < -0.39 is 6.10 Å². The Kier molecular flexibility index (Phi) is 5.72. The molecule has 1 aromatic heterocycles. The molecule has 0 spiro atoms. The maximum atomic E-state index is 9.67. The fourth-order valence-electron chi connectivity index (χ4n) is 3.92. The Hall–Kier alpha value is -2.60. The lowest BCUT2D eigenvalue weighted by Gasteiger charge is -2.25. The molecule has 2 aromatic carbocycles. The van der Waals surface area contributed by atoms with Gasteiger partial charge in [-0.05, 0) is 41.0 Å². The summed E-state index contributed by atoms with van der Waals surface area (Å²) in [5, 5.41) is 10.3. The second kappa shape index (κ2) is 8.41. The van der Waals surface area contributed by atoms with E-state index in [0.717, 1.165) is 27.8 Å². The third kappa shape index (κ3) is 3.57. The van der Waals surface area contributed by atoms with Crippen molar-refractivity contribution in [3.63, 3.8) is 0 Å². The highest BCUT2D eigenvalue weighted by Crippen LogP contribution is 2.48. The summed E-state index contributed by atoms with van der Waals surface area (Å²) in [7, 11) is 3.22. The summed E-state index contributed by atoms with van der Waals surface area (Å²) < 4.78 is 17.8. The summed E-state index contributed by atoms with van der Waals surface area (Å²) in [6.45, 7) is -0.00192. The van der Waals surface area contributed by atoms with Crippen molar-refractivity contribution >= 4 is 11.6 Å². The van der Waals surface area contributed by atoms with Crippen molar-refractivity contribution in [3.8, 4) is 22.6 Å². The number of benzene rings is 2. The van der Waals surface area contributed by atoms with Crippen molar-refractivity contribution in [2.45, 2.75) is 18.6 Å². The Morgan fingerprint density at radius 1 is 1.03 bits per heavy atom. The van der Waals surface area contributed by atoms with Gasteiger partial charge in [0.1, 0.15) is 6.10 Å². The standard InChI is InChI=1S/C23H22ClNO4/c1-27-21-5-3-4-17(23(21)28-2)22-18-12-14(24)6-7-15(18)16-8-10-25-13-19(16)20(29-22)9-11-26/h3-8,10,12-13,20,22,26H,9,11H2,1-2H3. The molecule has 0 aliphatic carbocycles. The zero-order valence-corrected chi connectivity index (χ0v) is 17.0. The summed E-state index contributed by atoms with van der Waals surface area (Å²) in [5.41, 5.74) is 4.74. The number of ether oxygens (including phenoxy) is 3. The predicted octanol–water partition coefficient (Wildman–Crippen LogP) is 4.96. The largest absolute Gasteiger partial charge is 0.493 e. The van der Waals surface area contributed by atoms with Gasteiger partial charge in [0.25, 0.3) is 0 Å². The molecule has 1 aliphatic rings. The van der Waals surface area contributed by atoms with Crippen molar-refractivity contribution in [2.24, 2.45) is 0 Å². The second-order valence-electron chi connectivity index (χ2n) is 6.79. The Bertz CT molecular complexity index is 1020. The number of aromatic nitrogens is 1. The van der Waals surface area contributed by atoms with Crippen molar-refractivity contribution < 1.29 is 19.3 Å². The number of methoxy groups -OCH3 is 2. The van der Waals surface area contributed by atoms with E-state index in [4.69, 9.17) is 25.8 Å². The van der Waals surface area contributed by atoms with Crippen LogP contribution < -0.4 is 9.47 Å². The Balaban J connectivity index is 1.98. The van der Waals surface area contributed by atoms with Crippen LogP contribution in [0.5, 0.6) is 11.5 Å². The Morgan fingerprint density at radius 3 is 2.62 bits per heavy atom. The topological polar surface area (TPSA) is 60.8 Å². The highest BCUT2D eigenvalue weighted by Gasteiger charge is 2.32. The Morgan fingerprint density at radius 2 is 1.86 bits per heavy atom. The van der Waals surface area contributed by atoms with Gasteiger partial charge in [-0.15, -0.1) is 0 Å². The first-order valence-electron chi connectivity index (χ1n) is 9.38. The number of rotatable bonds is 5. The van der Waals surface area contributed by atoms with E-state index in [1.54, 1.807) is 26.6 Å². The molecule has 0 saturated carbocycles. The molecule has 150 valence electrons. The third-order valence-corrected chi connectivity index (χ3v) is 5.43. The molecule has 4 rings (SSSR count). The van der Waals surface area contributed by atoms with E-state index in [1.807, 2.05) is 42.5 Å².